The molecule has 0 bridgehead atoms. The second kappa shape index (κ2) is 8.08. The van der Waals surface area contributed by atoms with Crippen LogP contribution in [0.1, 0.15) is 18.8 Å². The second-order valence-corrected chi connectivity index (χ2v) is 6.09. The van der Waals surface area contributed by atoms with Gasteiger partial charge < -0.3 is 25.3 Å². The molecule has 12 heteroatoms. The van der Waals surface area contributed by atoms with Crippen LogP contribution in [0.3, 0.4) is 0 Å². The smallest absolute Gasteiger partial charge is 0.235 e. The van der Waals surface area contributed by atoms with Crippen molar-refractivity contribution in [1.82, 2.24) is 34.9 Å². The Bertz CT molecular complexity index is 898. The maximum Gasteiger partial charge on any atom is 0.235 e. The van der Waals surface area contributed by atoms with Gasteiger partial charge in [0.05, 0.1) is 38.0 Å². The lowest BCUT2D eigenvalue weighted by atomic mass is 10.3. The molecule has 28 heavy (non-hydrogen) atoms. The third-order valence-corrected chi connectivity index (χ3v) is 4.03. The molecule has 3 N–H and O–H groups in total. The molecule has 0 radical (unpaired) electrons. The molecule has 1 unspecified atom stereocenters. The summed E-state index contributed by atoms with van der Waals surface area (Å²) >= 11 is 0. The maximum absolute atomic E-state index is 13.1. The Labute approximate surface area is 159 Å². The number of nitrogens with zero attached hydrogens (tertiary/aromatic N) is 7. The van der Waals surface area contributed by atoms with Crippen molar-refractivity contribution in [3.63, 3.8) is 0 Å². The minimum atomic E-state index is -0.490. The predicted octanol–water partition coefficient (Wildman–Crippen LogP) is 1.28. The molecule has 11 nitrogen and oxygen atoms in total. The van der Waals surface area contributed by atoms with E-state index < -0.39 is 5.82 Å². The van der Waals surface area contributed by atoms with Gasteiger partial charge in [-0.15, -0.1) is 0 Å². The summed E-state index contributed by atoms with van der Waals surface area (Å²) in [4.78, 5) is 30.4. The van der Waals surface area contributed by atoms with Crippen LogP contribution in [-0.2, 0) is 4.74 Å². The summed E-state index contributed by atoms with van der Waals surface area (Å²) in [6.45, 7) is 4.42. The lowest BCUT2D eigenvalue weighted by Gasteiger charge is -2.27. The van der Waals surface area contributed by atoms with Crippen molar-refractivity contribution in [2.45, 2.75) is 13.0 Å². The molecule has 0 aromatic carbocycles. The first-order chi connectivity index (χ1) is 13.7. The normalized spacial score (nSPS) is 15.3. The van der Waals surface area contributed by atoms with E-state index in [0.29, 0.717) is 55.8 Å². The Morgan fingerprint density at radius 3 is 2.57 bits per heavy atom. The van der Waals surface area contributed by atoms with Crippen LogP contribution in [0.5, 0.6) is 0 Å². The number of ether oxygens (including phenoxy) is 1. The monoisotopic (exact) mass is 386 g/mol. The number of morpholine rings is 1. The number of halogens is 1. The third-order valence-electron chi connectivity index (χ3n) is 4.03. The van der Waals surface area contributed by atoms with E-state index in [1.165, 1.54) is 0 Å². The number of hydrogen-bond donors (Lipinski definition) is 3. The number of rotatable bonds is 6. The minimum absolute atomic E-state index is 0.334. The average Bonchev–Trinajstić information content (AvgIpc) is 3.22. The fourth-order valence-corrected chi connectivity index (χ4v) is 2.64. The molecule has 0 aliphatic carbocycles. The van der Waals surface area contributed by atoms with E-state index in [9.17, 15) is 4.39 Å². The van der Waals surface area contributed by atoms with Crippen molar-refractivity contribution in [1.29, 1.82) is 0 Å². The number of anilines is 4. The Kier molecular flexibility index (Phi) is 5.19. The van der Waals surface area contributed by atoms with Gasteiger partial charge in [0.25, 0.3) is 0 Å². The number of hydrogen-bond acceptors (Lipinski definition) is 10. The summed E-state index contributed by atoms with van der Waals surface area (Å²) in [7, 11) is 0. The SMILES string of the molecule is CC(Nc1nc(Nc2c[nH]cn2)nc(N2CCOCC2)n1)c1ncc(F)cn1. The molecule has 1 aliphatic rings. The molecule has 3 aromatic heterocycles. The topological polar surface area (TPSA) is 130 Å². The number of imidazole rings is 1. The molecular formula is C16H19FN10O. The summed E-state index contributed by atoms with van der Waals surface area (Å²) in [5, 5.41) is 6.18. The number of aromatic amines is 1. The van der Waals surface area contributed by atoms with E-state index >= 15 is 0 Å². The quantitative estimate of drug-likeness (QED) is 0.569. The Balaban J connectivity index is 1.59. The molecule has 1 saturated heterocycles. The zero-order valence-electron chi connectivity index (χ0n) is 15.1. The van der Waals surface area contributed by atoms with E-state index in [2.05, 4.69) is 45.5 Å². The highest BCUT2D eigenvalue weighted by Crippen LogP contribution is 2.20. The molecule has 1 atom stereocenters. The van der Waals surface area contributed by atoms with E-state index in [0.717, 1.165) is 12.4 Å². The lowest BCUT2D eigenvalue weighted by molar-refractivity contribution is 0.122. The Morgan fingerprint density at radius 1 is 1.11 bits per heavy atom. The molecule has 1 fully saturated rings. The second-order valence-electron chi connectivity index (χ2n) is 6.09. The largest absolute Gasteiger partial charge is 0.378 e. The first kappa shape index (κ1) is 18.0. The summed E-state index contributed by atoms with van der Waals surface area (Å²) in [6.07, 6.45) is 5.50. The molecule has 146 valence electrons. The van der Waals surface area contributed by atoms with Crippen LogP contribution in [0.4, 0.5) is 28.1 Å². The van der Waals surface area contributed by atoms with Crippen LogP contribution < -0.4 is 15.5 Å². The fourth-order valence-electron chi connectivity index (χ4n) is 2.64. The lowest BCUT2D eigenvalue weighted by Crippen LogP contribution is -2.37. The van der Waals surface area contributed by atoms with Crippen molar-refractivity contribution < 1.29 is 9.13 Å². The van der Waals surface area contributed by atoms with Gasteiger partial charge in [0, 0.05) is 19.3 Å². The predicted molar refractivity (Wildman–Crippen MR) is 98.8 cm³/mol. The van der Waals surface area contributed by atoms with Crippen LogP contribution in [0.2, 0.25) is 0 Å². The molecular weight excluding hydrogens is 367 g/mol. The Morgan fingerprint density at radius 2 is 1.86 bits per heavy atom. The van der Waals surface area contributed by atoms with Crippen LogP contribution in [0.15, 0.2) is 24.9 Å². The highest BCUT2D eigenvalue weighted by molar-refractivity contribution is 5.51. The zero-order chi connectivity index (χ0) is 19.3. The summed E-state index contributed by atoms with van der Waals surface area (Å²) in [6, 6.07) is -0.334. The van der Waals surface area contributed by atoms with Crippen molar-refractivity contribution in [3.05, 3.63) is 36.6 Å². The summed E-state index contributed by atoms with van der Waals surface area (Å²) in [5.41, 5.74) is 0. The van der Waals surface area contributed by atoms with Crippen LogP contribution in [0.25, 0.3) is 0 Å². The van der Waals surface area contributed by atoms with Gasteiger partial charge in [-0.2, -0.15) is 15.0 Å². The maximum atomic E-state index is 13.1. The highest BCUT2D eigenvalue weighted by Gasteiger charge is 2.18. The van der Waals surface area contributed by atoms with Gasteiger partial charge in [0.1, 0.15) is 5.82 Å². The standard InChI is InChI=1S/C16H19FN10O/c1-10(13-19-6-11(17)7-20-13)22-14-24-15(23-12-8-18-9-21-12)26-16(25-14)27-2-4-28-5-3-27/h6-10H,2-5H2,1H3,(H,18,21)(H2,22,23,24,25,26). The third kappa shape index (κ3) is 4.28. The zero-order valence-corrected chi connectivity index (χ0v) is 15.1. The van der Waals surface area contributed by atoms with E-state index in [-0.39, 0.29) is 6.04 Å². The van der Waals surface area contributed by atoms with E-state index in [4.69, 9.17) is 4.74 Å². The molecule has 0 amide bonds. The van der Waals surface area contributed by atoms with Gasteiger partial charge in [-0.1, -0.05) is 0 Å². The number of aromatic nitrogens is 7. The van der Waals surface area contributed by atoms with Gasteiger partial charge in [0.15, 0.2) is 11.6 Å². The number of H-pyrrole nitrogens is 1. The average molecular weight is 386 g/mol. The van der Waals surface area contributed by atoms with E-state index in [1.807, 2.05) is 11.8 Å². The van der Waals surface area contributed by atoms with Gasteiger partial charge in [-0.25, -0.2) is 19.3 Å². The van der Waals surface area contributed by atoms with Crippen LogP contribution >= 0.6 is 0 Å². The molecule has 4 rings (SSSR count). The molecule has 0 spiro atoms. The van der Waals surface area contributed by atoms with Crippen molar-refractivity contribution in [2.24, 2.45) is 0 Å². The molecule has 3 aromatic rings. The molecule has 1 aliphatic heterocycles. The molecule has 0 saturated carbocycles. The van der Waals surface area contributed by atoms with Crippen molar-refractivity contribution in [2.75, 3.05) is 41.8 Å². The highest BCUT2D eigenvalue weighted by atomic mass is 19.1. The van der Waals surface area contributed by atoms with Gasteiger partial charge in [0.2, 0.25) is 17.8 Å². The first-order valence-corrected chi connectivity index (χ1v) is 8.76. The van der Waals surface area contributed by atoms with Crippen molar-refractivity contribution >= 4 is 23.7 Å². The fraction of sp³-hybridized carbons (Fsp3) is 0.375. The van der Waals surface area contributed by atoms with Gasteiger partial charge in [-0.05, 0) is 6.92 Å². The van der Waals surface area contributed by atoms with Crippen LogP contribution in [0, 0.1) is 5.82 Å². The molecule has 4 heterocycles. The summed E-state index contributed by atoms with van der Waals surface area (Å²) < 4.78 is 18.5. The van der Waals surface area contributed by atoms with Gasteiger partial charge in [-0.3, -0.25) is 0 Å². The van der Waals surface area contributed by atoms with Crippen LogP contribution in [-0.4, -0.2) is 61.2 Å². The van der Waals surface area contributed by atoms with Crippen molar-refractivity contribution in [3.8, 4) is 0 Å². The summed E-state index contributed by atoms with van der Waals surface area (Å²) in [5.74, 6) is 1.73. The Hall–Kier alpha value is -3.41. The van der Waals surface area contributed by atoms with Gasteiger partial charge >= 0.3 is 0 Å². The first-order valence-electron chi connectivity index (χ1n) is 8.76. The number of nitrogens with one attached hydrogen (secondary N) is 3. The minimum Gasteiger partial charge on any atom is -0.378 e. The van der Waals surface area contributed by atoms with E-state index in [1.54, 1.807) is 12.5 Å².